The Morgan fingerprint density at radius 1 is 1.26 bits per heavy atom. The molecule has 1 saturated carbocycles. The van der Waals surface area contributed by atoms with Crippen molar-refractivity contribution in [1.29, 1.82) is 0 Å². The monoisotopic (exact) mass is 503 g/mol. The lowest BCUT2D eigenvalue weighted by Crippen LogP contribution is -2.47. The summed E-state index contributed by atoms with van der Waals surface area (Å²) in [4.78, 5) is 11.3. The number of hydrogen-bond acceptors (Lipinski definition) is 4. The minimum atomic E-state index is 0. The molecule has 1 saturated heterocycles. The molecule has 2 N–H and O–H groups in total. The van der Waals surface area contributed by atoms with Gasteiger partial charge in [-0.05, 0) is 42.7 Å². The number of fused-ring (bicyclic) bond motifs is 1. The van der Waals surface area contributed by atoms with Gasteiger partial charge in [0.05, 0.1) is 0 Å². The molecular formula is C20H34IN5S. The van der Waals surface area contributed by atoms with Gasteiger partial charge >= 0.3 is 0 Å². The molecule has 3 heterocycles. The van der Waals surface area contributed by atoms with Crippen LogP contribution in [0, 0.1) is 0 Å². The zero-order chi connectivity index (χ0) is 17.8. The molecule has 1 unspecified atom stereocenters. The lowest BCUT2D eigenvalue weighted by Gasteiger charge is -2.27. The van der Waals surface area contributed by atoms with E-state index in [1.165, 1.54) is 63.7 Å². The second-order valence-corrected chi connectivity index (χ2v) is 8.96. The second kappa shape index (κ2) is 10.4. The van der Waals surface area contributed by atoms with Crippen molar-refractivity contribution in [3.63, 3.8) is 0 Å². The van der Waals surface area contributed by atoms with Crippen molar-refractivity contribution in [2.45, 2.75) is 57.2 Å². The Morgan fingerprint density at radius 3 is 2.93 bits per heavy atom. The standard InChI is InChI=1S/C20H33N5S.HI/c1-21-20(23-17-6-11-25(15-17)18-4-2-3-5-18)22-9-12-24-10-7-19-16(14-24)8-13-26-19;/h8,13,17-18H,2-7,9-12,14-15H2,1H3,(H2,21,22,23);1H. The Hall–Kier alpha value is -0.380. The fourth-order valence-electron chi connectivity index (χ4n) is 4.72. The van der Waals surface area contributed by atoms with E-state index >= 15 is 0 Å². The number of aliphatic imine (C=N–C) groups is 1. The number of hydrogen-bond donors (Lipinski definition) is 2. The van der Waals surface area contributed by atoms with Crippen LogP contribution in [0.15, 0.2) is 16.4 Å². The maximum absolute atomic E-state index is 4.44. The third kappa shape index (κ3) is 5.58. The van der Waals surface area contributed by atoms with Crippen LogP contribution in [0.1, 0.15) is 42.5 Å². The first kappa shape index (κ1) is 21.3. The average molecular weight is 503 g/mol. The van der Waals surface area contributed by atoms with Crippen LogP contribution in [0.2, 0.25) is 0 Å². The maximum atomic E-state index is 4.44. The fraction of sp³-hybridized carbons (Fsp3) is 0.750. The second-order valence-electron chi connectivity index (χ2n) is 7.96. The largest absolute Gasteiger partial charge is 0.355 e. The molecule has 7 heteroatoms. The van der Waals surface area contributed by atoms with Gasteiger partial charge in [0.1, 0.15) is 0 Å². The molecule has 1 aromatic rings. The molecule has 0 bridgehead atoms. The third-order valence-electron chi connectivity index (χ3n) is 6.23. The quantitative estimate of drug-likeness (QED) is 0.369. The summed E-state index contributed by atoms with van der Waals surface area (Å²) in [6.07, 6.45) is 8.10. The first-order valence-corrected chi connectivity index (χ1v) is 11.2. The van der Waals surface area contributed by atoms with Gasteiger partial charge in [-0.3, -0.25) is 14.8 Å². The lowest BCUT2D eigenvalue weighted by atomic mass is 10.1. The summed E-state index contributed by atoms with van der Waals surface area (Å²) >= 11 is 1.91. The summed E-state index contributed by atoms with van der Waals surface area (Å²) in [5.41, 5.74) is 1.53. The molecule has 3 aliphatic rings. The number of rotatable bonds is 5. The van der Waals surface area contributed by atoms with Crippen LogP contribution in [0.4, 0.5) is 0 Å². The van der Waals surface area contributed by atoms with E-state index in [1.54, 1.807) is 4.88 Å². The van der Waals surface area contributed by atoms with Crippen LogP contribution >= 0.6 is 35.3 Å². The van der Waals surface area contributed by atoms with E-state index < -0.39 is 0 Å². The van der Waals surface area contributed by atoms with Crippen molar-refractivity contribution in [3.8, 4) is 0 Å². The van der Waals surface area contributed by atoms with E-state index in [1.807, 2.05) is 18.4 Å². The van der Waals surface area contributed by atoms with Gasteiger partial charge in [-0.1, -0.05) is 12.8 Å². The van der Waals surface area contributed by atoms with Crippen LogP contribution in [0.25, 0.3) is 0 Å². The highest BCUT2D eigenvalue weighted by Crippen LogP contribution is 2.26. The SMILES string of the molecule is CN=C(NCCN1CCc2sccc2C1)NC1CCN(C2CCCC2)C1.I. The minimum absolute atomic E-state index is 0. The minimum Gasteiger partial charge on any atom is -0.355 e. The van der Waals surface area contributed by atoms with Gasteiger partial charge in [0.2, 0.25) is 0 Å². The van der Waals surface area contributed by atoms with Crippen LogP contribution in [0.3, 0.4) is 0 Å². The highest BCUT2D eigenvalue weighted by Gasteiger charge is 2.30. The number of nitrogens with zero attached hydrogens (tertiary/aromatic N) is 3. The van der Waals surface area contributed by atoms with Crippen LogP contribution in [0.5, 0.6) is 0 Å². The van der Waals surface area contributed by atoms with Gasteiger partial charge in [0, 0.05) is 63.3 Å². The number of thiophene rings is 1. The van der Waals surface area contributed by atoms with Crippen molar-refractivity contribution in [1.82, 2.24) is 20.4 Å². The van der Waals surface area contributed by atoms with E-state index in [-0.39, 0.29) is 24.0 Å². The normalized spacial score (nSPS) is 24.6. The van der Waals surface area contributed by atoms with Crippen LogP contribution < -0.4 is 10.6 Å². The molecule has 0 aromatic carbocycles. The Labute approximate surface area is 185 Å². The topological polar surface area (TPSA) is 42.9 Å². The Balaban J connectivity index is 0.00000210. The Kier molecular flexibility index (Phi) is 8.23. The van der Waals surface area contributed by atoms with Gasteiger partial charge in [-0.25, -0.2) is 0 Å². The van der Waals surface area contributed by atoms with Gasteiger partial charge in [0.25, 0.3) is 0 Å². The van der Waals surface area contributed by atoms with E-state index in [0.29, 0.717) is 6.04 Å². The molecule has 0 amide bonds. The number of guanidine groups is 1. The van der Waals surface area contributed by atoms with E-state index in [9.17, 15) is 0 Å². The van der Waals surface area contributed by atoms with Crippen molar-refractivity contribution in [3.05, 3.63) is 21.9 Å². The summed E-state index contributed by atoms with van der Waals surface area (Å²) in [6, 6.07) is 3.68. The zero-order valence-corrected chi connectivity index (χ0v) is 19.6. The summed E-state index contributed by atoms with van der Waals surface area (Å²) < 4.78 is 0. The number of halogens is 1. The average Bonchev–Trinajstić information content (AvgIpc) is 3.40. The first-order chi connectivity index (χ1) is 12.8. The third-order valence-corrected chi connectivity index (χ3v) is 7.26. The van der Waals surface area contributed by atoms with E-state index in [4.69, 9.17) is 0 Å². The summed E-state index contributed by atoms with van der Waals surface area (Å²) in [7, 11) is 1.89. The van der Waals surface area contributed by atoms with Gasteiger partial charge in [-0.15, -0.1) is 35.3 Å². The van der Waals surface area contributed by atoms with E-state index in [2.05, 4.69) is 36.9 Å². The molecule has 2 fully saturated rings. The summed E-state index contributed by atoms with van der Waals surface area (Å²) in [5.74, 6) is 0.969. The van der Waals surface area contributed by atoms with Crippen molar-refractivity contribution >= 4 is 41.3 Å². The Morgan fingerprint density at radius 2 is 2.11 bits per heavy atom. The number of nitrogens with one attached hydrogen (secondary N) is 2. The molecule has 1 atom stereocenters. The fourth-order valence-corrected chi connectivity index (χ4v) is 5.61. The molecule has 0 radical (unpaired) electrons. The van der Waals surface area contributed by atoms with Gasteiger partial charge in [-0.2, -0.15) is 0 Å². The highest BCUT2D eigenvalue weighted by molar-refractivity contribution is 14.0. The van der Waals surface area contributed by atoms with Gasteiger partial charge < -0.3 is 10.6 Å². The molecule has 4 rings (SSSR count). The predicted octanol–water partition coefficient (Wildman–Crippen LogP) is 2.91. The number of likely N-dealkylation sites (tertiary alicyclic amines) is 1. The molecule has 2 aliphatic heterocycles. The van der Waals surface area contributed by atoms with Crippen molar-refractivity contribution in [2.75, 3.05) is 39.8 Å². The Bertz CT molecular complexity index is 613. The smallest absolute Gasteiger partial charge is 0.191 e. The van der Waals surface area contributed by atoms with Crippen LogP contribution in [-0.2, 0) is 13.0 Å². The lowest BCUT2D eigenvalue weighted by molar-refractivity contribution is 0.242. The van der Waals surface area contributed by atoms with Crippen molar-refractivity contribution in [2.24, 2.45) is 4.99 Å². The summed E-state index contributed by atoms with van der Waals surface area (Å²) in [5, 5.41) is 9.41. The molecular weight excluding hydrogens is 469 g/mol. The zero-order valence-electron chi connectivity index (χ0n) is 16.5. The van der Waals surface area contributed by atoms with Gasteiger partial charge in [0.15, 0.2) is 5.96 Å². The predicted molar refractivity (Wildman–Crippen MR) is 125 cm³/mol. The molecule has 0 spiro atoms. The molecule has 27 heavy (non-hydrogen) atoms. The van der Waals surface area contributed by atoms with E-state index in [0.717, 1.165) is 31.6 Å². The molecule has 1 aliphatic carbocycles. The molecule has 1 aromatic heterocycles. The maximum Gasteiger partial charge on any atom is 0.191 e. The van der Waals surface area contributed by atoms with Crippen LogP contribution in [-0.4, -0.2) is 67.6 Å². The highest BCUT2D eigenvalue weighted by atomic mass is 127. The van der Waals surface area contributed by atoms with Crippen molar-refractivity contribution < 1.29 is 0 Å². The first-order valence-electron chi connectivity index (χ1n) is 10.3. The molecule has 5 nitrogen and oxygen atoms in total. The molecule has 152 valence electrons. The summed E-state index contributed by atoms with van der Waals surface area (Å²) in [6.45, 7) is 6.74.